The maximum Gasteiger partial charge on any atom is 0.252 e. The molecule has 0 amide bonds. The van der Waals surface area contributed by atoms with Gasteiger partial charge in [0.05, 0.1) is 34.6 Å². The molecule has 13 aromatic carbocycles. The van der Waals surface area contributed by atoms with Crippen LogP contribution in [-0.4, -0.2) is 6.71 Å². The lowest BCUT2D eigenvalue weighted by molar-refractivity contribution is 0.590. The molecule has 0 saturated heterocycles. The molecule has 5 heteroatoms. The van der Waals surface area contributed by atoms with Crippen molar-refractivity contribution in [2.75, 3.05) is 9.80 Å². The van der Waals surface area contributed by atoms with E-state index in [1.165, 1.54) is 22.0 Å². The van der Waals surface area contributed by atoms with Gasteiger partial charge >= 0.3 is 0 Å². The van der Waals surface area contributed by atoms with Crippen molar-refractivity contribution >= 4 is 57.2 Å². The lowest BCUT2D eigenvalue weighted by atomic mass is 9.33. The zero-order valence-corrected chi connectivity index (χ0v) is 49.7. The van der Waals surface area contributed by atoms with E-state index in [0.29, 0.717) is 11.1 Å². The lowest BCUT2D eigenvalue weighted by Gasteiger charge is -2.46. The van der Waals surface area contributed by atoms with Crippen LogP contribution in [0, 0.1) is 22.7 Å². The van der Waals surface area contributed by atoms with Crippen molar-refractivity contribution in [2.24, 2.45) is 0 Å². The molecule has 2 heterocycles. The molecule has 0 spiro atoms. The third-order valence-electron chi connectivity index (χ3n) is 17.9. The third-order valence-corrected chi connectivity index (χ3v) is 17.9. The highest BCUT2D eigenvalue weighted by Gasteiger charge is 2.46. The lowest BCUT2D eigenvalue weighted by Crippen LogP contribution is -2.61. The Labute approximate surface area is 521 Å². The number of hydrogen-bond acceptors (Lipinski definition) is 4. The van der Waals surface area contributed by atoms with Crippen LogP contribution in [0.5, 0.6) is 0 Å². The largest absolute Gasteiger partial charge is 0.310 e. The van der Waals surface area contributed by atoms with Gasteiger partial charge in [-0.1, -0.05) is 263 Å². The molecule has 15 rings (SSSR count). The molecule has 0 atom stereocenters. The van der Waals surface area contributed by atoms with Crippen LogP contribution in [0.4, 0.5) is 34.1 Å². The van der Waals surface area contributed by atoms with Crippen molar-refractivity contribution < 1.29 is 0 Å². The Morgan fingerprint density at radius 2 is 0.584 bits per heavy atom. The summed E-state index contributed by atoms with van der Waals surface area (Å²) in [5, 5.41) is 21.5. The summed E-state index contributed by atoms with van der Waals surface area (Å²) in [7, 11) is 0. The molecule has 0 radical (unpaired) electrons. The fourth-order valence-electron chi connectivity index (χ4n) is 13.6. The van der Waals surface area contributed by atoms with Crippen LogP contribution in [0.1, 0.15) is 37.5 Å². The molecule has 0 fully saturated rings. The van der Waals surface area contributed by atoms with Gasteiger partial charge in [-0.3, -0.25) is 0 Å². The topological polar surface area (TPSA) is 54.1 Å². The number of anilines is 6. The highest BCUT2D eigenvalue weighted by atomic mass is 15.2. The maximum atomic E-state index is 10.7. The van der Waals surface area contributed by atoms with E-state index in [-0.39, 0.29) is 12.1 Å². The fraction of sp³-hybridized carbons (Fsp3) is 0.0476. The van der Waals surface area contributed by atoms with Crippen LogP contribution >= 0.6 is 0 Å². The SMILES string of the molecule is CC(C)(C)c1cc2c3c(c1)N(c1c(-c4ccccc4)cc(-c4ccccc4C#N)cc1-c1ccccc1)c1ccc(-c4ccccc4)cc1B3c1cc(-c3ccccc3)ccc1N2c1c(-c2ccccc2)cc(-c2ccccc2C#N)cc1-c1ccccc1. The van der Waals surface area contributed by atoms with Crippen molar-refractivity contribution in [1.82, 2.24) is 0 Å². The molecule has 13 aromatic rings. The molecule has 0 N–H and O–H groups in total. The van der Waals surface area contributed by atoms with Crippen LogP contribution in [0.3, 0.4) is 0 Å². The molecule has 4 nitrogen and oxygen atoms in total. The highest BCUT2D eigenvalue weighted by Crippen LogP contribution is 2.55. The number of fused-ring (bicyclic) bond motifs is 4. The van der Waals surface area contributed by atoms with Gasteiger partial charge in [0.15, 0.2) is 0 Å². The Hall–Kier alpha value is -11.5. The van der Waals surface area contributed by atoms with E-state index < -0.39 is 0 Å². The Balaban J connectivity index is 1.14. The van der Waals surface area contributed by atoms with Crippen LogP contribution in [0.25, 0.3) is 89.0 Å². The van der Waals surface area contributed by atoms with Crippen LogP contribution in [0.15, 0.2) is 303 Å². The molecule has 89 heavy (non-hydrogen) atoms. The number of hydrogen-bond donors (Lipinski definition) is 0. The molecule has 0 aliphatic carbocycles. The minimum absolute atomic E-state index is 0.261. The number of benzene rings is 13. The normalized spacial score (nSPS) is 12.1. The second-order valence-corrected chi connectivity index (χ2v) is 24.2. The van der Waals surface area contributed by atoms with E-state index in [1.54, 1.807) is 0 Å². The van der Waals surface area contributed by atoms with Crippen LogP contribution in [0.2, 0.25) is 0 Å². The van der Waals surface area contributed by atoms with Gasteiger partial charge < -0.3 is 9.80 Å². The van der Waals surface area contributed by atoms with Gasteiger partial charge in [0, 0.05) is 45.0 Å². The van der Waals surface area contributed by atoms with Gasteiger partial charge in [0.25, 0.3) is 6.71 Å². The number of rotatable bonds is 10. The first-order valence-corrected chi connectivity index (χ1v) is 30.5. The van der Waals surface area contributed by atoms with Crippen molar-refractivity contribution in [3.63, 3.8) is 0 Å². The molecular formula is C84H59BN4. The molecule has 418 valence electrons. The second kappa shape index (κ2) is 22.4. The first-order chi connectivity index (χ1) is 43.7. The molecule has 0 bridgehead atoms. The molecule has 2 aliphatic heterocycles. The quantitative estimate of drug-likeness (QED) is 0.128. The smallest absolute Gasteiger partial charge is 0.252 e. The summed E-state index contributed by atoms with van der Waals surface area (Å²) in [5.41, 5.74) is 28.6. The summed E-state index contributed by atoms with van der Waals surface area (Å²) in [6.45, 7) is 6.73. The Morgan fingerprint density at radius 1 is 0.281 bits per heavy atom. The van der Waals surface area contributed by atoms with E-state index >= 15 is 0 Å². The van der Waals surface area contributed by atoms with Crippen molar-refractivity contribution in [3.8, 4) is 101 Å². The average Bonchev–Trinajstić information content (AvgIpc) is 0.722. The van der Waals surface area contributed by atoms with Gasteiger partial charge in [0.1, 0.15) is 0 Å². The van der Waals surface area contributed by atoms with Gasteiger partial charge in [-0.15, -0.1) is 0 Å². The Kier molecular flexibility index (Phi) is 13.6. The zero-order chi connectivity index (χ0) is 60.2. The maximum absolute atomic E-state index is 10.7. The summed E-state index contributed by atoms with van der Waals surface area (Å²) in [4.78, 5) is 5.20. The molecule has 0 saturated carbocycles. The van der Waals surface area contributed by atoms with E-state index in [4.69, 9.17) is 0 Å². The van der Waals surface area contributed by atoms with E-state index in [9.17, 15) is 10.5 Å². The number of nitrogens with zero attached hydrogens (tertiary/aromatic N) is 4. The van der Waals surface area contributed by atoms with Gasteiger partial charge in [-0.05, 0) is 155 Å². The van der Waals surface area contributed by atoms with E-state index in [1.807, 2.05) is 36.4 Å². The third kappa shape index (κ3) is 9.58. The van der Waals surface area contributed by atoms with E-state index in [2.05, 4.69) is 310 Å². The second-order valence-electron chi connectivity index (χ2n) is 24.2. The van der Waals surface area contributed by atoms with Gasteiger partial charge in [0.2, 0.25) is 0 Å². The highest BCUT2D eigenvalue weighted by molar-refractivity contribution is 7.00. The predicted molar refractivity (Wildman–Crippen MR) is 372 cm³/mol. The zero-order valence-electron chi connectivity index (χ0n) is 49.7. The van der Waals surface area contributed by atoms with Crippen LogP contribution < -0.4 is 26.2 Å². The molecular weight excluding hydrogens is 1080 g/mol. The monoisotopic (exact) mass is 1130 g/mol. The predicted octanol–water partition coefficient (Wildman–Crippen LogP) is 20.1. The summed E-state index contributed by atoms with van der Waals surface area (Å²) >= 11 is 0. The van der Waals surface area contributed by atoms with E-state index in [0.717, 1.165) is 123 Å². The van der Waals surface area contributed by atoms with Crippen molar-refractivity contribution in [1.29, 1.82) is 10.5 Å². The summed E-state index contributed by atoms with van der Waals surface area (Å²) in [6.07, 6.45) is 0. The fourth-order valence-corrected chi connectivity index (χ4v) is 13.6. The van der Waals surface area contributed by atoms with Crippen molar-refractivity contribution in [3.05, 3.63) is 320 Å². The molecule has 0 unspecified atom stereocenters. The van der Waals surface area contributed by atoms with Crippen molar-refractivity contribution in [2.45, 2.75) is 26.2 Å². The minimum atomic E-state index is -0.335. The molecule has 0 aromatic heterocycles. The summed E-state index contributed by atoms with van der Waals surface area (Å²) in [6, 6.07) is 114. The van der Waals surface area contributed by atoms with Gasteiger partial charge in [-0.25, -0.2) is 0 Å². The first kappa shape index (κ1) is 54.2. The minimum Gasteiger partial charge on any atom is -0.310 e. The Morgan fingerprint density at radius 3 is 0.899 bits per heavy atom. The standard InChI is InChI=1S/C84H59BN4/c1-84(2,3)68-52-79-81-80(53-68)89(83-73(60-34-18-8-19-35-60)48-67(70-41-25-23-39-65(70)55-87)49-74(83)61-36-20-9-21-37-61)78-45-43-63(57-28-12-5-13-29-57)51-76(78)85(81)75-50-62(56-26-10-4-11-27-56)42-44-77(75)88(79)82-71(58-30-14-6-15-31-58)46-66(69-40-24-22-38-64(69)54-86)47-72(82)59-32-16-7-17-33-59/h4-53H,1-3H3. The average molecular weight is 1140 g/mol. The summed E-state index contributed by atoms with van der Waals surface area (Å²) < 4.78 is 0. The summed E-state index contributed by atoms with van der Waals surface area (Å²) in [5.74, 6) is 0. The van der Waals surface area contributed by atoms with Crippen LogP contribution in [-0.2, 0) is 5.41 Å². The van der Waals surface area contributed by atoms with Gasteiger partial charge in [-0.2, -0.15) is 10.5 Å². The Bertz CT molecular complexity index is 4520. The first-order valence-electron chi connectivity index (χ1n) is 30.5. The number of nitriles is 2. The molecule has 2 aliphatic rings.